The summed E-state index contributed by atoms with van der Waals surface area (Å²) < 4.78 is 0. The Hall–Kier alpha value is -0.330. The lowest BCUT2D eigenvalue weighted by molar-refractivity contribution is -0.117. The number of unbranched alkanes of at least 4 members (excludes halogenated alkanes) is 4. The number of carbonyl (C=O) groups is 1. The first-order valence-corrected chi connectivity index (χ1v) is 6.71. The highest BCUT2D eigenvalue weighted by Crippen LogP contribution is 2.32. The van der Waals surface area contributed by atoms with Gasteiger partial charge >= 0.3 is 0 Å². The van der Waals surface area contributed by atoms with Crippen molar-refractivity contribution in [3.05, 3.63) is 0 Å². The maximum atomic E-state index is 11.2. The van der Waals surface area contributed by atoms with Crippen LogP contribution in [0.25, 0.3) is 0 Å². The van der Waals surface area contributed by atoms with Gasteiger partial charge < -0.3 is 4.79 Å². The molecule has 90 valence electrons. The van der Waals surface area contributed by atoms with Gasteiger partial charge in [0.1, 0.15) is 6.29 Å². The standard InChI is InChI=1S/C14H28O/c1-4-7-9-10-12-14(6-3,13-15)11-8-5-2/h13H,4-12H2,1-3H3. The molecule has 0 N–H and O–H groups in total. The molecule has 0 saturated carbocycles. The third kappa shape index (κ3) is 5.96. The van der Waals surface area contributed by atoms with Gasteiger partial charge in [0.15, 0.2) is 0 Å². The lowest BCUT2D eigenvalue weighted by atomic mass is 9.77. The van der Waals surface area contributed by atoms with Crippen molar-refractivity contribution in [2.24, 2.45) is 5.41 Å². The highest BCUT2D eigenvalue weighted by Gasteiger charge is 2.25. The molecule has 0 aliphatic carbocycles. The smallest absolute Gasteiger partial charge is 0.126 e. The third-order valence-electron chi connectivity index (χ3n) is 3.51. The molecule has 0 aromatic rings. The molecule has 15 heavy (non-hydrogen) atoms. The third-order valence-corrected chi connectivity index (χ3v) is 3.51. The van der Waals surface area contributed by atoms with Gasteiger partial charge in [0.2, 0.25) is 0 Å². The summed E-state index contributed by atoms with van der Waals surface area (Å²) in [5.74, 6) is 0. The molecule has 0 aromatic carbocycles. The molecule has 0 aliphatic rings. The SMILES string of the molecule is CCCCCCC(C=O)(CC)CCCC. The highest BCUT2D eigenvalue weighted by molar-refractivity contribution is 5.59. The molecular weight excluding hydrogens is 184 g/mol. The average molecular weight is 212 g/mol. The van der Waals surface area contributed by atoms with Crippen LogP contribution >= 0.6 is 0 Å². The maximum absolute atomic E-state index is 11.2. The number of rotatable bonds is 10. The van der Waals surface area contributed by atoms with Crippen molar-refractivity contribution < 1.29 is 4.79 Å². The van der Waals surface area contributed by atoms with Crippen molar-refractivity contribution in [3.8, 4) is 0 Å². The van der Waals surface area contributed by atoms with Crippen LogP contribution < -0.4 is 0 Å². The quantitative estimate of drug-likeness (QED) is 0.377. The predicted octanol–water partition coefficient (Wildman–Crippen LogP) is 4.74. The molecule has 0 heterocycles. The van der Waals surface area contributed by atoms with E-state index in [1.165, 1.54) is 44.8 Å². The van der Waals surface area contributed by atoms with Crippen LogP contribution in [0.5, 0.6) is 0 Å². The number of hydrogen-bond donors (Lipinski definition) is 0. The Morgan fingerprint density at radius 2 is 1.47 bits per heavy atom. The van der Waals surface area contributed by atoms with Crippen molar-refractivity contribution in [1.82, 2.24) is 0 Å². The van der Waals surface area contributed by atoms with E-state index in [9.17, 15) is 4.79 Å². The van der Waals surface area contributed by atoms with Crippen molar-refractivity contribution in [2.75, 3.05) is 0 Å². The number of hydrogen-bond acceptors (Lipinski definition) is 1. The van der Waals surface area contributed by atoms with E-state index in [-0.39, 0.29) is 5.41 Å². The fraction of sp³-hybridized carbons (Fsp3) is 0.929. The van der Waals surface area contributed by atoms with Gasteiger partial charge in [-0.2, -0.15) is 0 Å². The van der Waals surface area contributed by atoms with Crippen LogP contribution in [0.3, 0.4) is 0 Å². The van der Waals surface area contributed by atoms with Gasteiger partial charge in [-0.05, 0) is 19.3 Å². The average Bonchev–Trinajstić information content (AvgIpc) is 2.29. The van der Waals surface area contributed by atoms with Crippen LogP contribution in [-0.4, -0.2) is 6.29 Å². The molecule has 0 rings (SSSR count). The van der Waals surface area contributed by atoms with E-state index in [0.717, 1.165) is 19.3 Å². The first-order chi connectivity index (χ1) is 7.24. The molecule has 0 saturated heterocycles. The molecule has 0 amide bonds. The van der Waals surface area contributed by atoms with E-state index in [1.807, 2.05) is 0 Å². The van der Waals surface area contributed by atoms with Gasteiger partial charge in [0.05, 0.1) is 0 Å². The lowest BCUT2D eigenvalue weighted by Gasteiger charge is -2.26. The minimum atomic E-state index is 0.00372. The van der Waals surface area contributed by atoms with Gasteiger partial charge in [-0.25, -0.2) is 0 Å². The Morgan fingerprint density at radius 1 is 0.867 bits per heavy atom. The van der Waals surface area contributed by atoms with Crippen LogP contribution in [0.15, 0.2) is 0 Å². The molecular formula is C14H28O. The van der Waals surface area contributed by atoms with Crippen LogP contribution in [0, 0.1) is 5.41 Å². The zero-order valence-corrected chi connectivity index (χ0v) is 10.8. The Labute approximate surface area is 95.6 Å². The van der Waals surface area contributed by atoms with Gasteiger partial charge in [-0.15, -0.1) is 0 Å². The monoisotopic (exact) mass is 212 g/mol. The second-order valence-electron chi connectivity index (χ2n) is 4.75. The summed E-state index contributed by atoms with van der Waals surface area (Å²) in [4.78, 5) is 11.2. The minimum Gasteiger partial charge on any atom is -0.303 e. The molecule has 0 aromatic heterocycles. The van der Waals surface area contributed by atoms with E-state index < -0.39 is 0 Å². The Balaban J connectivity index is 3.94. The highest BCUT2D eigenvalue weighted by atomic mass is 16.1. The van der Waals surface area contributed by atoms with Crippen molar-refractivity contribution >= 4 is 6.29 Å². The van der Waals surface area contributed by atoms with Crippen LogP contribution in [0.4, 0.5) is 0 Å². The summed E-state index contributed by atoms with van der Waals surface area (Å²) in [6.07, 6.45) is 11.9. The Morgan fingerprint density at radius 3 is 1.93 bits per heavy atom. The van der Waals surface area contributed by atoms with E-state index in [1.54, 1.807) is 0 Å². The Kier molecular flexibility index (Phi) is 8.74. The fourth-order valence-electron chi connectivity index (χ4n) is 2.11. The van der Waals surface area contributed by atoms with Crippen molar-refractivity contribution in [2.45, 2.75) is 78.6 Å². The molecule has 0 aliphatic heterocycles. The minimum absolute atomic E-state index is 0.00372. The first kappa shape index (κ1) is 14.7. The topological polar surface area (TPSA) is 17.1 Å². The van der Waals surface area contributed by atoms with Crippen LogP contribution in [-0.2, 0) is 4.79 Å². The lowest BCUT2D eigenvalue weighted by Crippen LogP contribution is -2.21. The molecule has 0 radical (unpaired) electrons. The molecule has 1 atom stereocenters. The molecule has 0 spiro atoms. The van der Waals surface area contributed by atoms with E-state index in [4.69, 9.17) is 0 Å². The predicted molar refractivity (Wildman–Crippen MR) is 67.1 cm³/mol. The Bertz CT molecular complexity index is 153. The van der Waals surface area contributed by atoms with Crippen LogP contribution in [0.2, 0.25) is 0 Å². The van der Waals surface area contributed by atoms with Crippen LogP contribution in [0.1, 0.15) is 78.6 Å². The summed E-state index contributed by atoms with van der Waals surface area (Å²) in [6.45, 7) is 6.58. The summed E-state index contributed by atoms with van der Waals surface area (Å²) in [5.41, 5.74) is 0.00372. The van der Waals surface area contributed by atoms with Gasteiger partial charge in [0.25, 0.3) is 0 Å². The second kappa shape index (κ2) is 8.94. The van der Waals surface area contributed by atoms with Crippen molar-refractivity contribution in [3.63, 3.8) is 0 Å². The van der Waals surface area contributed by atoms with Gasteiger partial charge in [-0.1, -0.05) is 59.3 Å². The summed E-state index contributed by atoms with van der Waals surface area (Å²) in [6, 6.07) is 0. The number of carbonyl (C=O) groups excluding carboxylic acids is 1. The van der Waals surface area contributed by atoms with Crippen molar-refractivity contribution in [1.29, 1.82) is 0 Å². The fourth-order valence-corrected chi connectivity index (χ4v) is 2.11. The van der Waals surface area contributed by atoms with E-state index in [2.05, 4.69) is 20.8 Å². The zero-order chi connectivity index (χ0) is 11.6. The largest absolute Gasteiger partial charge is 0.303 e. The first-order valence-electron chi connectivity index (χ1n) is 6.71. The summed E-state index contributed by atoms with van der Waals surface area (Å²) in [7, 11) is 0. The maximum Gasteiger partial charge on any atom is 0.126 e. The molecule has 1 heteroatoms. The molecule has 0 bridgehead atoms. The second-order valence-corrected chi connectivity index (χ2v) is 4.75. The number of aldehydes is 1. The van der Waals surface area contributed by atoms with Gasteiger partial charge in [-0.3, -0.25) is 0 Å². The molecule has 1 unspecified atom stereocenters. The molecule has 1 nitrogen and oxygen atoms in total. The normalized spacial score (nSPS) is 14.9. The summed E-state index contributed by atoms with van der Waals surface area (Å²) >= 11 is 0. The van der Waals surface area contributed by atoms with E-state index >= 15 is 0 Å². The zero-order valence-electron chi connectivity index (χ0n) is 10.8. The summed E-state index contributed by atoms with van der Waals surface area (Å²) in [5, 5.41) is 0. The molecule has 0 fully saturated rings. The van der Waals surface area contributed by atoms with E-state index in [0.29, 0.717) is 0 Å². The van der Waals surface area contributed by atoms with Gasteiger partial charge in [0, 0.05) is 5.41 Å².